The van der Waals surface area contributed by atoms with Crippen molar-refractivity contribution >= 4 is 10.9 Å². The Hall–Kier alpha value is -2.33. The summed E-state index contributed by atoms with van der Waals surface area (Å²) in [6.07, 6.45) is 4.95. The fourth-order valence-electron chi connectivity index (χ4n) is 2.43. The molecule has 0 aliphatic heterocycles. The van der Waals surface area contributed by atoms with Gasteiger partial charge in [0.2, 0.25) is 5.88 Å². The summed E-state index contributed by atoms with van der Waals surface area (Å²) in [5.41, 5.74) is 3.72. The summed E-state index contributed by atoms with van der Waals surface area (Å²) in [5, 5.41) is 4.76. The lowest BCUT2D eigenvalue weighted by Gasteiger charge is -2.05. The fourth-order valence-corrected chi connectivity index (χ4v) is 2.43. The van der Waals surface area contributed by atoms with E-state index in [1.54, 1.807) is 7.11 Å². The Kier molecular flexibility index (Phi) is 4.17. The zero-order valence-electron chi connectivity index (χ0n) is 12.1. The summed E-state index contributed by atoms with van der Waals surface area (Å²) in [5.74, 6) is 0.651. The Bertz CT molecular complexity index is 703. The van der Waals surface area contributed by atoms with Crippen LogP contribution in [0.3, 0.4) is 0 Å². The van der Waals surface area contributed by atoms with Gasteiger partial charge in [0.1, 0.15) is 0 Å². The van der Waals surface area contributed by atoms with E-state index in [1.807, 2.05) is 18.3 Å². The van der Waals surface area contributed by atoms with Gasteiger partial charge < -0.3 is 15.0 Å². The summed E-state index contributed by atoms with van der Waals surface area (Å²) >= 11 is 0. The first-order valence-corrected chi connectivity index (χ1v) is 7.11. The number of rotatable bonds is 6. The van der Waals surface area contributed by atoms with Crippen molar-refractivity contribution in [3.8, 4) is 5.88 Å². The first-order chi connectivity index (χ1) is 10.4. The number of hydrogen-bond acceptors (Lipinski definition) is 3. The van der Waals surface area contributed by atoms with Crippen molar-refractivity contribution in [2.24, 2.45) is 0 Å². The van der Waals surface area contributed by atoms with Gasteiger partial charge in [0, 0.05) is 35.9 Å². The molecular weight excluding hydrogens is 262 g/mol. The molecule has 0 radical (unpaired) electrons. The van der Waals surface area contributed by atoms with E-state index >= 15 is 0 Å². The van der Waals surface area contributed by atoms with Crippen LogP contribution in [0.2, 0.25) is 0 Å². The van der Waals surface area contributed by atoms with Gasteiger partial charge in [-0.1, -0.05) is 24.3 Å². The minimum atomic E-state index is 0.651. The molecule has 4 nitrogen and oxygen atoms in total. The molecule has 4 heteroatoms. The zero-order chi connectivity index (χ0) is 14.5. The third-order valence-electron chi connectivity index (χ3n) is 3.58. The van der Waals surface area contributed by atoms with Gasteiger partial charge in [-0.05, 0) is 30.2 Å². The second-order valence-electron chi connectivity index (χ2n) is 5.00. The van der Waals surface area contributed by atoms with Crippen molar-refractivity contribution in [2.75, 3.05) is 13.7 Å². The number of ether oxygens (including phenoxy) is 1. The van der Waals surface area contributed by atoms with Crippen molar-refractivity contribution in [2.45, 2.75) is 13.0 Å². The Morgan fingerprint density at radius 3 is 2.90 bits per heavy atom. The first kappa shape index (κ1) is 13.6. The molecular formula is C17H19N3O. The van der Waals surface area contributed by atoms with Crippen LogP contribution < -0.4 is 10.1 Å². The van der Waals surface area contributed by atoms with Crippen LogP contribution in [0.1, 0.15) is 11.1 Å². The lowest BCUT2D eigenvalue weighted by Crippen LogP contribution is -2.16. The standard InChI is InChI=1S/C17H19N3O/c1-21-17-7-6-13(11-20-17)10-18-9-8-14-12-19-16-5-3-2-4-15(14)16/h2-7,11-12,18-19H,8-10H2,1H3. The third-order valence-corrected chi connectivity index (χ3v) is 3.58. The summed E-state index contributed by atoms with van der Waals surface area (Å²) in [6, 6.07) is 12.3. The monoisotopic (exact) mass is 281 g/mol. The molecule has 0 aliphatic carbocycles. The topological polar surface area (TPSA) is 49.9 Å². The van der Waals surface area contributed by atoms with Gasteiger partial charge in [0.15, 0.2) is 0 Å². The smallest absolute Gasteiger partial charge is 0.212 e. The van der Waals surface area contributed by atoms with Crippen LogP contribution in [0, 0.1) is 0 Å². The highest BCUT2D eigenvalue weighted by atomic mass is 16.5. The summed E-state index contributed by atoms with van der Waals surface area (Å²) < 4.78 is 5.05. The minimum Gasteiger partial charge on any atom is -0.481 e. The average molecular weight is 281 g/mol. The molecule has 2 heterocycles. The maximum absolute atomic E-state index is 5.05. The molecule has 0 unspecified atom stereocenters. The van der Waals surface area contributed by atoms with Crippen molar-refractivity contribution in [1.82, 2.24) is 15.3 Å². The summed E-state index contributed by atoms with van der Waals surface area (Å²) in [4.78, 5) is 7.51. The molecule has 3 aromatic rings. The van der Waals surface area contributed by atoms with Crippen molar-refractivity contribution in [3.63, 3.8) is 0 Å². The maximum Gasteiger partial charge on any atom is 0.212 e. The molecule has 0 saturated carbocycles. The number of para-hydroxylation sites is 1. The van der Waals surface area contributed by atoms with E-state index in [0.717, 1.165) is 25.1 Å². The quantitative estimate of drug-likeness (QED) is 0.683. The average Bonchev–Trinajstić information content (AvgIpc) is 2.95. The summed E-state index contributed by atoms with van der Waals surface area (Å²) in [7, 11) is 1.63. The molecule has 0 atom stereocenters. The SMILES string of the molecule is COc1ccc(CNCCc2c[nH]c3ccccc23)cn1. The van der Waals surface area contributed by atoms with E-state index in [1.165, 1.54) is 16.5 Å². The van der Waals surface area contributed by atoms with E-state index in [2.05, 4.69) is 45.7 Å². The van der Waals surface area contributed by atoms with Gasteiger partial charge in [-0.25, -0.2) is 4.98 Å². The number of aromatic amines is 1. The second kappa shape index (κ2) is 6.41. The second-order valence-corrected chi connectivity index (χ2v) is 5.00. The van der Waals surface area contributed by atoms with Crippen molar-refractivity contribution < 1.29 is 4.74 Å². The van der Waals surface area contributed by atoms with Gasteiger partial charge in [0.05, 0.1) is 7.11 Å². The van der Waals surface area contributed by atoms with Crippen LogP contribution in [0.4, 0.5) is 0 Å². The van der Waals surface area contributed by atoms with Crippen LogP contribution in [-0.2, 0) is 13.0 Å². The van der Waals surface area contributed by atoms with Gasteiger partial charge in [-0.15, -0.1) is 0 Å². The molecule has 0 bridgehead atoms. The minimum absolute atomic E-state index is 0.651. The molecule has 0 saturated heterocycles. The molecule has 1 aromatic carbocycles. The predicted octanol–water partition coefficient (Wildman–Crippen LogP) is 2.90. The van der Waals surface area contributed by atoms with Gasteiger partial charge in [-0.3, -0.25) is 0 Å². The highest BCUT2D eigenvalue weighted by Gasteiger charge is 2.02. The Labute approximate surface area is 124 Å². The number of methoxy groups -OCH3 is 1. The largest absolute Gasteiger partial charge is 0.481 e. The van der Waals surface area contributed by atoms with E-state index in [9.17, 15) is 0 Å². The van der Waals surface area contributed by atoms with Crippen LogP contribution in [0.15, 0.2) is 48.8 Å². The number of nitrogens with one attached hydrogen (secondary N) is 2. The maximum atomic E-state index is 5.05. The van der Waals surface area contributed by atoms with Crippen LogP contribution in [-0.4, -0.2) is 23.6 Å². The van der Waals surface area contributed by atoms with E-state index in [0.29, 0.717) is 5.88 Å². The normalized spacial score (nSPS) is 10.9. The van der Waals surface area contributed by atoms with Crippen LogP contribution in [0.5, 0.6) is 5.88 Å². The molecule has 0 spiro atoms. The van der Waals surface area contributed by atoms with Crippen LogP contribution >= 0.6 is 0 Å². The van der Waals surface area contributed by atoms with Gasteiger partial charge >= 0.3 is 0 Å². The molecule has 0 aliphatic rings. The molecule has 108 valence electrons. The van der Waals surface area contributed by atoms with Crippen LogP contribution in [0.25, 0.3) is 10.9 Å². The molecule has 0 fully saturated rings. The van der Waals surface area contributed by atoms with E-state index < -0.39 is 0 Å². The number of nitrogens with zero attached hydrogens (tertiary/aromatic N) is 1. The number of H-pyrrole nitrogens is 1. The third kappa shape index (κ3) is 3.23. The number of pyridine rings is 1. The molecule has 3 rings (SSSR count). The Balaban J connectivity index is 1.51. The summed E-state index contributed by atoms with van der Waals surface area (Å²) in [6.45, 7) is 1.76. The number of aromatic nitrogens is 2. The Morgan fingerprint density at radius 2 is 2.10 bits per heavy atom. The van der Waals surface area contributed by atoms with Gasteiger partial charge in [0.25, 0.3) is 0 Å². The molecule has 2 aromatic heterocycles. The Morgan fingerprint density at radius 1 is 1.19 bits per heavy atom. The number of hydrogen-bond donors (Lipinski definition) is 2. The number of fused-ring (bicyclic) bond motifs is 1. The lowest BCUT2D eigenvalue weighted by atomic mass is 10.1. The predicted molar refractivity (Wildman–Crippen MR) is 84.5 cm³/mol. The van der Waals surface area contributed by atoms with E-state index in [-0.39, 0.29) is 0 Å². The highest BCUT2D eigenvalue weighted by molar-refractivity contribution is 5.83. The van der Waals surface area contributed by atoms with Crippen molar-refractivity contribution in [3.05, 3.63) is 59.9 Å². The number of benzene rings is 1. The first-order valence-electron chi connectivity index (χ1n) is 7.11. The van der Waals surface area contributed by atoms with E-state index in [4.69, 9.17) is 4.74 Å². The lowest BCUT2D eigenvalue weighted by molar-refractivity contribution is 0.397. The fraction of sp³-hybridized carbons (Fsp3) is 0.235. The molecule has 2 N–H and O–H groups in total. The van der Waals surface area contributed by atoms with Gasteiger partial charge in [-0.2, -0.15) is 0 Å². The highest BCUT2D eigenvalue weighted by Crippen LogP contribution is 2.17. The molecule has 0 amide bonds. The van der Waals surface area contributed by atoms with Crippen molar-refractivity contribution in [1.29, 1.82) is 0 Å². The zero-order valence-corrected chi connectivity index (χ0v) is 12.1. The molecule has 21 heavy (non-hydrogen) atoms.